The van der Waals surface area contributed by atoms with Crippen LogP contribution >= 0.6 is 0 Å². The summed E-state index contributed by atoms with van der Waals surface area (Å²) in [7, 11) is 0. The molecule has 1 heterocycles. The second-order valence-electron chi connectivity index (χ2n) is 4.18. The van der Waals surface area contributed by atoms with Crippen molar-refractivity contribution < 1.29 is 4.74 Å². The summed E-state index contributed by atoms with van der Waals surface area (Å²) >= 11 is 0. The van der Waals surface area contributed by atoms with Crippen LogP contribution in [0.3, 0.4) is 0 Å². The van der Waals surface area contributed by atoms with Crippen LogP contribution in [0.25, 0.3) is 0 Å². The zero-order valence-electron chi connectivity index (χ0n) is 9.01. The fourth-order valence-corrected chi connectivity index (χ4v) is 2.03. The molecule has 1 aliphatic heterocycles. The lowest BCUT2D eigenvalue weighted by Gasteiger charge is -2.07. The summed E-state index contributed by atoms with van der Waals surface area (Å²) in [5.41, 5.74) is 0. The summed E-state index contributed by atoms with van der Waals surface area (Å²) in [6.45, 7) is 8.35. The van der Waals surface area contributed by atoms with E-state index in [-0.39, 0.29) is 0 Å². The van der Waals surface area contributed by atoms with Crippen LogP contribution in [0.5, 0.6) is 0 Å². The molecule has 0 amide bonds. The Morgan fingerprint density at radius 2 is 2.15 bits per heavy atom. The van der Waals surface area contributed by atoms with E-state index in [4.69, 9.17) is 4.74 Å². The summed E-state index contributed by atoms with van der Waals surface area (Å²) in [4.78, 5) is 0. The van der Waals surface area contributed by atoms with E-state index in [1.807, 2.05) is 0 Å². The van der Waals surface area contributed by atoms with Crippen molar-refractivity contribution in [3.63, 3.8) is 0 Å². The van der Waals surface area contributed by atoms with Gasteiger partial charge in [0.1, 0.15) is 0 Å². The third-order valence-corrected chi connectivity index (χ3v) is 2.83. The fraction of sp³-hybridized carbons (Fsp3) is 0.833. The molecular weight excluding hydrogens is 160 g/mol. The third-order valence-electron chi connectivity index (χ3n) is 2.83. The van der Waals surface area contributed by atoms with E-state index in [1.54, 1.807) is 0 Å². The van der Waals surface area contributed by atoms with E-state index in [0.717, 1.165) is 5.76 Å². The average Bonchev–Trinajstić information content (AvgIpc) is 2.39. The second kappa shape index (κ2) is 5.31. The number of hydrogen-bond acceptors (Lipinski definition) is 1. The molecule has 0 N–H and O–H groups in total. The minimum Gasteiger partial charge on any atom is -0.495 e. The normalized spacial score (nSPS) is 27.7. The van der Waals surface area contributed by atoms with E-state index in [0.29, 0.717) is 12.0 Å². The van der Waals surface area contributed by atoms with E-state index in [2.05, 4.69) is 20.4 Å². The monoisotopic (exact) mass is 182 g/mol. The standard InChI is InChI=1S/C12H22O/c1-4-5-6-7-8-12-9-10(2)13-11(12)3/h10,12H,3-9H2,1-2H3/t10-,12+/m0/s1. The van der Waals surface area contributed by atoms with Crippen molar-refractivity contribution in [3.8, 4) is 0 Å². The van der Waals surface area contributed by atoms with E-state index in [9.17, 15) is 0 Å². The Kier molecular flexibility index (Phi) is 4.34. The summed E-state index contributed by atoms with van der Waals surface area (Å²) in [6, 6.07) is 0. The fourth-order valence-electron chi connectivity index (χ4n) is 2.03. The molecule has 0 saturated carbocycles. The molecule has 0 aromatic carbocycles. The van der Waals surface area contributed by atoms with Crippen LogP contribution in [0.2, 0.25) is 0 Å². The molecular formula is C12H22O. The number of hydrogen-bond donors (Lipinski definition) is 0. The van der Waals surface area contributed by atoms with Gasteiger partial charge in [-0.2, -0.15) is 0 Å². The molecule has 0 bridgehead atoms. The van der Waals surface area contributed by atoms with Crippen molar-refractivity contribution in [3.05, 3.63) is 12.3 Å². The highest BCUT2D eigenvalue weighted by Gasteiger charge is 2.25. The zero-order valence-corrected chi connectivity index (χ0v) is 9.01. The molecule has 0 spiro atoms. The largest absolute Gasteiger partial charge is 0.495 e. The predicted octanol–water partition coefficient (Wildman–Crippen LogP) is 3.90. The van der Waals surface area contributed by atoms with E-state index >= 15 is 0 Å². The maximum absolute atomic E-state index is 5.54. The lowest BCUT2D eigenvalue weighted by atomic mass is 9.96. The predicted molar refractivity (Wildman–Crippen MR) is 56.6 cm³/mol. The van der Waals surface area contributed by atoms with Gasteiger partial charge in [-0.15, -0.1) is 0 Å². The van der Waals surface area contributed by atoms with E-state index in [1.165, 1.54) is 38.5 Å². The maximum atomic E-state index is 5.54. The second-order valence-corrected chi connectivity index (χ2v) is 4.18. The number of rotatable bonds is 5. The van der Waals surface area contributed by atoms with Crippen LogP contribution in [-0.4, -0.2) is 6.10 Å². The van der Waals surface area contributed by atoms with Gasteiger partial charge in [0.05, 0.1) is 11.9 Å². The molecule has 2 atom stereocenters. The first kappa shape index (κ1) is 10.6. The molecule has 1 rings (SSSR count). The van der Waals surface area contributed by atoms with Crippen LogP contribution in [0.15, 0.2) is 12.3 Å². The Balaban J connectivity index is 2.11. The minimum atomic E-state index is 0.406. The van der Waals surface area contributed by atoms with Gasteiger partial charge in [0, 0.05) is 5.92 Å². The molecule has 1 nitrogen and oxygen atoms in total. The molecule has 1 aliphatic rings. The molecule has 1 saturated heterocycles. The molecule has 1 fully saturated rings. The Bertz CT molecular complexity index is 163. The first-order valence-corrected chi connectivity index (χ1v) is 5.59. The minimum absolute atomic E-state index is 0.406. The zero-order chi connectivity index (χ0) is 9.68. The molecule has 13 heavy (non-hydrogen) atoms. The highest BCUT2D eigenvalue weighted by molar-refractivity contribution is 4.98. The molecule has 0 aromatic heterocycles. The van der Waals surface area contributed by atoms with Crippen LogP contribution in [0.1, 0.15) is 52.4 Å². The van der Waals surface area contributed by atoms with Gasteiger partial charge >= 0.3 is 0 Å². The molecule has 0 aliphatic carbocycles. The molecule has 0 unspecified atom stereocenters. The van der Waals surface area contributed by atoms with Crippen molar-refractivity contribution in [2.24, 2.45) is 5.92 Å². The first-order chi connectivity index (χ1) is 6.24. The van der Waals surface area contributed by atoms with Crippen molar-refractivity contribution in [2.45, 2.75) is 58.5 Å². The van der Waals surface area contributed by atoms with E-state index < -0.39 is 0 Å². The van der Waals surface area contributed by atoms with Crippen LogP contribution in [0, 0.1) is 5.92 Å². The Labute approximate surface area is 82.2 Å². The molecule has 0 radical (unpaired) electrons. The summed E-state index contributed by atoms with van der Waals surface area (Å²) in [5, 5.41) is 0. The molecule has 1 heteroatoms. The van der Waals surface area contributed by atoms with Gasteiger partial charge in [-0.3, -0.25) is 0 Å². The highest BCUT2D eigenvalue weighted by atomic mass is 16.5. The molecule has 76 valence electrons. The van der Waals surface area contributed by atoms with Crippen LogP contribution < -0.4 is 0 Å². The quantitative estimate of drug-likeness (QED) is 0.586. The molecule has 0 aromatic rings. The van der Waals surface area contributed by atoms with Gasteiger partial charge in [-0.25, -0.2) is 0 Å². The SMILES string of the molecule is C=C1O[C@@H](C)C[C@H]1CCCCCC. The maximum Gasteiger partial charge on any atom is 0.0961 e. The number of ether oxygens (including phenoxy) is 1. The lowest BCUT2D eigenvalue weighted by Crippen LogP contribution is -1.98. The highest BCUT2D eigenvalue weighted by Crippen LogP contribution is 2.32. The van der Waals surface area contributed by atoms with Gasteiger partial charge in [0.15, 0.2) is 0 Å². The summed E-state index contributed by atoms with van der Waals surface area (Å²) < 4.78 is 5.54. The number of allylic oxidation sites excluding steroid dienone is 1. The third kappa shape index (κ3) is 3.41. The van der Waals surface area contributed by atoms with Crippen LogP contribution in [0.4, 0.5) is 0 Å². The van der Waals surface area contributed by atoms with Gasteiger partial charge in [-0.1, -0.05) is 39.2 Å². The lowest BCUT2D eigenvalue weighted by molar-refractivity contribution is 0.178. The van der Waals surface area contributed by atoms with Crippen molar-refractivity contribution in [1.82, 2.24) is 0 Å². The smallest absolute Gasteiger partial charge is 0.0961 e. The van der Waals surface area contributed by atoms with Gasteiger partial charge in [0.2, 0.25) is 0 Å². The topological polar surface area (TPSA) is 9.23 Å². The van der Waals surface area contributed by atoms with Crippen molar-refractivity contribution >= 4 is 0 Å². The first-order valence-electron chi connectivity index (χ1n) is 5.59. The van der Waals surface area contributed by atoms with Gasteiger partial charge < -0.3 is 4.74 Å². The Morgan fingerprint density at radius 1 is 1.38 bits per heavy atom. The Morgan fingerprint density at radius 3 is 2.69 bits per heavy atom. The Hall–Kier alpha value is -0.460. The number of unbranched alkanes of at least 4 members (excludes halogenated alkanes) is 3. The van der Waals surface area contributed by atoms with Crippen molar-refractivity contribution in [2.75, 3.05) is 0 Å². The average molecular weight is 182 g/mol. The van der Waals surface area contributed by atoms with Crippen LogP contribution in [-0.2, 0) is 4.74 Å². The van der Waals surface area contributed by atoms with Gasteiger partial charge in [0.25, 0.3) is 0 Å². The summed E-state index contributed by atoms with van der Waals surface area (Å²) in [6.07, 6.45) is 8.27. The summed E-state index contributed by atoms with van der Waals surface area (Å²) in [5.74, 6) is 1.68. The van der Waals surface area contributed by atoms with Gasteiger partial charge in [-0.05, 0) is 19.8 Å². The van der Waals surface area contributed by atoms with Crippen molar-refractivity contribution in [1.29, 1.82) is 0 Å².